The molecule has 0 aliphatic heterocycles. The first-order chi connectivity index (χ1) is 10.0. The van der Waals surface area contributed by atoms with Gasteiger partial charge in [-0.2, -0.15) is 0 Å². The van der Waals surface area contributed by atoms with Gasteiger partial charge in [-0.3, -0.25) is 0 Å². The number of benzene rings is 2. The van der Waals surface area contributed by atoms with E-state index in [0.29, 0.717) is 15.8 Å². The normalized spacial score (nSPS) is 13.8. The molecule has 2 N–H and O–H groups in total. The largest absolute Gasteiger partial charge is 0.484 e. The lowest BCUT2D eigenvalue weighted by Gasteiger charge is -2.25. The van der Waals surface area contributed by atoms with Crippen molar-refractivity contribution in [3.63, 3.8) is 0 Å². The molecule has 112 valence electrons. The van der Waals surface area contributed by atoms with Gasteiger partial charge in [0.1, 0.15) is 11.9 Å². The van der Waals surface area contributed by atoms with Gasteiger partial charge in [0.05, 0.1) is 10.0 Å². The fraction of sp³-hybridized carbons (Fsp3) is 0.250. The zero-order chi connectivity index (χ0) is 15.4. The monoisotopic (exact) mass is 387 g/mol. The molecule has 0 amide bonds. The maximum Gasteiger partial charge on any atom is 0.139 e. The van der Waals surface area contributed by atoms with Crippen molar-refractivity contribution in [2.45, 2.75) is 25.5 Å². The third-order valence-corrected chi connectivity index (χ3v) is 4.48. The molecule has 0 fully saturated rings. The number of ether oxygens (including phenoxy) is 1. The first-order valence-electron chi connectivity index (χ1n) is 6.64. The minimum Gasteiger partial charge on any atom is -0.484 e. The number of halogens is 3. The fourth-order valence-corrected chi connectivity index (χ4v) is 2.52. The summed E-state index contributed by atoms with van der Waals surface area (Å²) >= 11 is 15.4. The second kappa shape index (κ2) is 7.50. The number of rotatable bonds is 5. The van der Waals surface area contributed by atoms with E-state index in [1.54, 1.807) is 18.2 Å². The molecular weight excluding hydrogens is 373 g/mol. The summed E-state index contributed by atoms with van der Waals surface area (Å²) in [5, 5.41) is 0.970. The smallest absolute Gasteiger partial charge is 0.139 e. The molecule has 0 aliphatic rings. The van der Waals surface area contributed by atoms with Gasteiger partial charge < -0.3 is 10.5 Å². The van der Waals surface area contributed by atoms with Crippen LogP contribution in [0.15, 0.2) is 46.9 Å². The lowest BCUT2D eigenvalue weighted by atomic mass is 10.0. The Hall–Kier alpha value is -0.740. The molecule has 0 aliphatic carbocycles. The third-order valence-electron chi connectivity index (χ3n) is 3.21. The van der Waals surface area contributed by atoms with Crippen molar-refractivity contribution in [3.05, 3.63) is 62.5 Å². The van der Waals surface area contributed by atoms with Crippen LogP contribution < -0.4 is 10.5 Å². The van der Waals surface area contributed by atoms with Crippen molar-refractivity contribution in [3.8, 4) is 5.75 Å². The van der Waals surface area contributed by atoms with Gasteiger partial charge in [0.15, 0.2) is 0 Å². The summed E-state index contributed by atoms with van der Waals surface area (Å²) in [6.45, 7) is 2.04. The summed E-state index contributed by atoms with van der Waals surface area (Å²) < 4.78 is 7.06. The maximum atomic E-state index is 6.21. The van der Waals surface area contributed by atoms with Crippen LogP contribution in [0, 0.1) is 0 Å². The van der Waals surface area contributed by atoms with Crippen LogP contribution in [0.4, 0.5) is 0 Å². The minimum absolute atomic E-state index is 0.111. The van der Waals surface area contributed by atoms with E-state index in [2.05, 4.69) is 15.9 Å². The average molecular weight is 389 g/mol. The zero-order valence-electron chi connectivity index (χ0n) is 11.5. The molecule has 0 bridgehead atoms. The molecule has 0 aromatic heterocycles. The van der Waals surface area contributed by atoms with Crippen LogP contribution >= 0.6 is 39.1 Å². The van der Waals surface area contributed by atoms with E-state index < -0.39 is 0 Å². The predicted molar refractivity (Wildman–Crippen MR) is 92.2 cm³/mol. The Morgan fingerprint density at radius 2 is 1.76 bits per heavy atom. The summed E-state index contributed by atoms with van der Waals surface area (Å²) in [6, 6.07) is 13.1. The summed E-state index contributed by atoms with van der Waals surface area (Å²) in [5.41, 5.74) is 7.23. The van der Waals surface area contributed by atoms with Gasteiger partial charge in [0.2, 0.25) is 0 Å². The van der Waals surface area contributed by atoms with Crippen molar-refractivity contribution in [1.29, 1.82) is 0 Å². The van der Waals surface area contributed by atoms with Crippen LogP contribution in [0.5, 0.6) is 5.75 Å². The van der Waals surface area contributed by atoms with Gasteiger partial charge in [0.25, 0.3) is 0 Å². The maximum absolute atomic E-state index is 6.21. The predicted octanol–water partition coefficient (Wildman–Crippen LogP) is 5.61. The molecule has 2 rings (SSSR count). The molecular formula is C16H16BrCl2NO. The molecule has 0 spiro atoms. The molecule has 2 unspecified atom stereocenters. The van der Waals surface area contributed by atoms with Crippen LogP contribution in [0.1, 0.15) is 25.0 Å². The van der Waals surface area contributed by atoms with Gasteiger partial charge in [-0.15, -0.1) is 0 Å². The van der Waals surface area contributed by atoms with E-state index in [1.807, 2.05) is 31.2 Å². The van der Waals surface area contributed by atoms with E-state index >= 15 is 0 Å². The van der Waals surface area contributed by atoms with E-state index in [4.69, 9.17) is 33.7 Å². The van der Waals surface area contributed by atoms with Crippen molar-refractivity contribution in [2.24, 2.45) is 5.73 Å². The molecule has 5 heteroatoms. The summed E-state index contributed by atoms with van der Waals surface area (Å²) in [4.78, 5) is 0. The van der Waals surface area contributed by atoms with Gasteiger partial charge in [-0.05, 0) is 36.2 Å². The van der Waals surface area contributed by atoms with E-state index in [9.17, 15) is 0 Å². The van der Waals surface area contributed by atoms with Crippen LogP contribution in [-0.4, -0.2) is 6.04 Å². The second-order valence-electron chi connectivity index (χ2n) is 4.74. The average Bonchev–Trinajstić information content (AvgIpc) is 2.48. The molecule has 2 aromatic rings. The SMILES string of the molecule is CCC(N)C(Oc1ccc(Cl)c(Cl)c1)c1ccc(Br)cc1. The summed E-state index contributed by atoms with van der Waals surface area (Å²) in [6.07, 6.45) is 0.572. The molecule has 2 atom stereocenters. The minimum atomic E-state index is -0.236. The van der Waals surface area contributed by atoms with Crippen LogP contribution in [0.3, 0.4) is 0 Å². The lowest BCUT2D eigenvalue weighted by Crippen LogP contribution is -2.31. The third kappa shape index (κ3) is 4.36. The Morgan fingerprint density at radius 1 is 1.10 bits per heavy atom. The molecule has 0 radical (unpaired) electrons. The molecule has 21 heavy (non-hydrogen) atoms. The highest BCUT2D eigenvalue weighted by Crippen LogP contribution is 2.31. The first kappa shape index (κ1) is 16.6. The molecule has 2 nitrogen and oxygen atoms in total. The number of nitrogens with two attached hydrogens (primary N) is 1. The molecule has 0 heterocycles. The highest BCUT2D eigenvalue weighted by molar-refractivity contribution is 9.10. The summed E-state index contributed by atoms with van der Waals surface area (Å²) in [5.74, 6) is 0.654. The van der Waals surface area contributed by atoms with Gasteiger partial charge >= 0.3 is 0 Å². The zero-order valence-corrected chi connectivity index (χ0v) is 14.6. The van der Waals surface area contributed by atoms with Gasteiger partial charge in [0, 0.05) is 16.6 Å². The highest BCUT2D eigenvalue weighted by atomic mass is 79.9. The number of hydrogen-bond acceptors (Lipinski definition) is 2. The lowest BCUT2D eigenvalue weighted by molar-refractivity contribution is 0.171. The Morgan fingerprint density at radius 3 is 2.33 bits per heavy atom. The van der Waals surface area contributed by atoms with Crippen molar-refractivity contribution in [1.82, 2.24) is 0 Å². The van der Waals surface area contributed by atoms with Crippen molar-refractivity contribution in [2.75, 3.05) is 0 Å². The Kier molecular flexibility index (Phi) is 5.94. The summed E-state index contributed by atoms with van der Waals surface area (Å²) in [7, 11) is 0. The van der Waals surface area contributed by atoms with E-state index in [0.717, 1.165) is 16.5 Å². The highest BCUT2D eigenvalue weighted by Gasteiger charge is 2.20. The first-order valence-corrected chi connectivity index (χ1v) is 8.19. The molecule has 0 saturated heterocycles. The number of hydrogen-bond donors (Lipinski definition) is 1. The molecule has 0 saturated carbocycles. The van der Waals surface area contributed by atoms with E-state index in [1.165, 1.54) is 0 Å². The quantitative estimate of drug-likeness (QED) is 0.721. The van der Waals surface area contributed by atoms with Gasteiger partial charge in [-0.25, -0.2) is 0 Å². The van der Waals surface area contributed by atoms with Crippen molar-refractivity contribution >= 4 is 39.1 Å². The fourth-order valence-electron chi connectivity index (χ4n) is 1.97. The Bertz CT molecular complexity index is 604. The molecule has 2 aromatic carbocycles. The second-order valence-corrected chi connectivity index (χ2v) is 6.47. The van der Waals surface area contributed by atoms with Crippen LogP contribution in [0.2, 0.25) is 10.0 Å². The topological polar surface area (TPSA) is 35.2 Å². The van der Waals surface area contributed by atoms with Crippen LogP contribution in [-0.2, 0) is 0 Å². The Balaban J connectivity index is 2.28. The standard InChI is InChI=1S/C16H16BrCl2NO/c1-2-15(20)16(10-3-5-11(17)6-4-10)21-12-7-8-13(18)14(19)9-12/h3-9,15-16H,2,20H2,1H3. The van der Waals surface area contributed by atoms with Gasteiger partial charge in [-0.1, -0.05) is 58.2 Å². The van der Waals surface area contributed by atoms with Crippen LogP contribution in [0.25, 0.3) is 0 Å². The van der Waals surface area contributed by atoms with Crippen molar-refractivity contribution < 1.29 is 4.74 Å². The Labute approximate surface area is 143 Å². The van der Waals surface area contributed by atoms with E-state index in [-0.39, 0.29) is 12.1 Å².